The number of amides is 2. The number of hydrogen-bond acceptors (Lipinski definition) is 9. The molecule has 2 N–H and O–H groups in total. The van der Waals surface area contributed by atoms with Crippen LogP contribution in [0.1, 0.15) is 63.2 Å². The second-order valence-electron chi connectivity index (χ2n) is 11.4. The zero-order valence-corrected chi connectivity index (χ0v) is 24.9. The molecule has 0 radical (unpaired) electrons. The summed E-state index contributed by atoms with van der Waals surface area (Å²) < 4.78 is 11.1. The molecule has 2 aliphatic heterocycles. The highest BCUT2D eigenvalue weighted by atomic mass is 16.5. The number of carbonyl (C=O) groups excluding carboxylic acids is 2. The highest BCUT2D eigenvalue weighted by Gasteiger charge is 2.38. The van der Waals surface area contributed by atoms with Gasteiger partial charge in [-0.2, -0.15) is 4.98 Å². The third kappa shape index (κ3) is 6.11. The predicted octanol–water partition coefficient (Wildman–Crippen LogP) is 3.57. The number of carbonyl (C=O) groups is 2. The molecule has 2 aromatic rings. The Bertz CT molecular complexity index is 1240. The van der Waals surface area contributed by atoms with Gasteiger partial charge >= 0.3 is 0 Å². The summed E-state index contributed by atoms with van der Waals surface area (Å²) in [7, 11) is 3.34. The number of benzene rings is 1. The van der Waals surface area contributed by atoms with Gasteiger partial charge in [-0.1, -0.05) is 6.92 Å². The molecule has 3 heterocycles. The molecule has 11 nitrogen and oxygen atoms in total. The van der Waals surface area contributed by atoms with Gasteiger partial charge in [-0.25, -0.2) is 4.98 Å². The van der Waals surface area contributed by atoms with Crippen molar-refractivity contribution in [3.63, 3.8) is 0 Å². The molecule has 1 saturated carbocycles. The number of nitrogens with zero attached hydrogens (tertiary/aromatic N) is 5. The summed E-state index contributed by atoms with van der Waals surface area (Å²) in [6, 6.07) is 5.92. The smallest absolute Gasteiger partial charge is 0.251 e. The minimum absolute atomic E-state index is 0.0405. The van der Waals surface area contributed by atoms with Gasteiger partial charge in [0.15, 0.2) is 5.82 Å². The van der Waals surface area contributed by atoms with Crippen LogP contribution >= 0.6 is 0 Å². The highest BCUT2D eigenvalue weighted by Crippen LogP contribution is 2.37. The van der Waals surface area contributed by atoms with Crippen molar-refractivity contribution < 1.29 is 19.1 Å². The standard InChI is InChI=1S/C30H43N7O4/c1-6-24-29(39)35(4)25-18-31-30(34-27(25)37(24)19(2)3)33-23-12-7-20(17-26(23)40-5)28(38)32-21-8-10-22(11-9-21)36-13-15-41-16-14-36/h7,12,17-19,21-22,24H,6,8-11,13-16H2,1-5H3,(H,32,38)(H,31,33,34)/t21-,22-,24-/m1/s1. The Morgan fingerprint density at radius 3 is 2.56 bits per heavy atom. The number of anilines is 4. The molecule has 2 fully saturated rings. The first-order valence-corrected chi connectivity index (χ1v) is 14.8. The minimum Gasteiger partial charge on any atom is -0.495 e. The summed E-state index contributed by atoms with van der Waals surface area (Å²) in [6.07, 6.45) is 6.50. The van der Waals surface area contributed by atoms with Gasteiger partial charge in [-0.05, 0) is 64.2 Å². The van der Waals surface area contributed by atoms with Crippen LogP contribution in [0.2, 0.25) is 0 Å². The number of morpholine rings is 1. The number of likely N-dealkylation sites (N-methyl/N-ethyl adjacent to an activating group) is 1. The number of fused-ring (bicyclic) bond motifs is 1. The van der Waals surface area contributed by atoms with Crippen molar-refractivity contribution in [1.82, 2.24) is 20.2 Å². The molecule has 1 atom stereocenters. The Kier molecular flexibility index (Phi) is 8.94. The van der Waals surface area contributed by atoms with Crippen LogP contribution in [-0.4, -0.2) is 91.3 Å². The molecule has 1 aliphatic carbocycles. The van der Waals surface area contributed by atoms with Gasteiger partial charge < -0.3 is 29.9 Å². The third-order valence-corrected chi connectivity index (χ3v) is 8.55. The van der Waals surface area contributed by atoms with Crippen molar-refractivity contribution in [3.8, 4) is 5.75 Å². The Labute approximate surface area is 242 Å². The first-order chi connectivity index (χ1) is 19.8. The second-order valence-corrected chi connectivity index (χ2v) is 11.4. The van der Waals surface area contributed by atoms with Crippen LogP contribution in [0.3, 0.4) is 0 Å². The van der Waals surface area contributed by atoms with Gasteiger partial charge in [-0.15, -0.1) is 0 Å². The van der Waals surface area contributed by atoms with Gasteiger partial charge in [0.05, 0.1) is 32.2 Å². The fourth-order valence-electron chi connectivity index (χ4n) is 6.29. The topological polar surface area (TPSA) is 112 Å². The van der Waals surface area contributed by atoms with Crippen LogP contribution in [0.15, 0.2) is 24.4 Å². The van der Waals surface area contributed by atoms with E-state index in [0.29, 0.717) is 46.9 Å². The van der Waals surface area contributed by atoms with Crippen LogP contribution in [0, 0.1) is 0 Å². The van der Waals surface area contributed by atoms with E-state index in [9.17, 15) is 9.59 Å². The zero-order valence-electron chi connectivity index (χ0n) is 24.9. The Morgan fingerprint density at radius 1 is 1.17 bits per heavy atom. The zero-order chi connectivity index (χ0) is 29.1. The second kappa shape index (κ2) is 12.6. The first kappa shape index (κ1) is 29.1. The van der Waals surface area contributed by atoms with Gasteiger partial charge in [-0.3, -0.25) is 14.5 Å². The molecule has 0 unspecified atom stereocenters. The highest BCUT2D eigenvalue weighted by molar-refractivity contribution is 6.04. The fraction of sp³-hybridized carbons (Fsp3) is 0.600. The molecule has 222 valence electrons. The minimum atomic E-state index is -0.281. The molecule has 1 saturated heterocycles. The van der Waals surface area contributed by atoms with Crippen molar-refractivity contribution in [2.24, 2.45) is 0 Å². The van der Waals surface area contributed by atoms with Crippen LogP contribution in [-0.2, 0) is 9.53 Å². The molecular weight excluding hydrogens is 522 g/mol. The van der Waals surface area contributed by atoms with Crippen LogP contribution in [0.5, 0.6) is 5.75 Å². The van der Waals surface area contributed by atoms with E-state index in [-0.39, 0.29) is 29.9 Å². The number of aromatic nitrogens is 2. The lowest BCUT2D eigenvalue weighted by Gasteiger charge is -2.42. The number of nitrogens with one attached hydrogen (secondary N) is 2. The maximum absolute atomic E-state index is 13.1. The van der Waals surface area contributed by atoms with Crippen LogP contribution in [0.4, 0.5) is 23.1 Å². The fourth-order valence-corrected chi connectivity index (χ4v) is 6.29. The number of rotatable bonds is 8. The molecule has 0 spiro atoms. The maximum Gasteiger partial charge on any atom is 0.251 e. The van der Waals surface area contributed by atoms with E-state index in [2.05, 4.69) is 39.3 Å². The largest absolute Gasteiger partial charge is 0.495 e. The van der Waals surface area contributed by atoms with Crippen molar-refractivity contribution in [1.29, 1.82) is 0 Å². The average molecular weight is 566 g/mol. The Hall–Kier alpha value is -3.44. The number of methoxy groups -OCH3 is 1. The SMILES string of the molecule is CC[C@@H]1C(=O)N(C)c2cnc(Nc3ccc(C(=O)N[C@H]4CC[C@H](N5CCOCC5)CC4)cc3OC)nc2N1C(C)C. The van der Waals surface area contributed by atoms with E-state index in [4.69, 9.17) is 14.5 Å². The lowest BCUT2D eigenvalue weighted by Crippen LogP contribution is -2.54. The van der Waals surface area contributed by atoms with Gasteiger partial charge in [0.25, 0.3) is 5.91 Å². The van der Waals surface area contributed by atoms with E-state index in [1.54, 1.807) is 37.4 Å². The van der Waals surface area contributed by atoms with E-state index >= 15 is 0 Å². The van der Waals surface area contributed by atoms with E-state index in [0.717, 1.165) is 52.0 Å². The quantitative estimate of drug-likeness (QED) is 0.496. The van der Waals surface area contributed by atoms with E-state index in [1.165, 1.54) is 0 Å². The summed E-state index contributed by atoms with van der Waals surface area (Å²) >= 11 is 0. The molecular formula is C30H43N7O4. The Balaban J connectivity index is 1.26. The summed E-state index contributed by atoms with van der Waals surface area (Å²) in [5.74, 6) is 1.57. The summed E-state index contributed by atoms with van der Waals surface area (Å²) in [5.41, 5.74) is 1.88. The van der Waals surface area contributed by atoms with Crippen molar-refractivity contribution in [3.05, 3.63) is 30.0 Å². The lowest BCUT2D eigenvalue weighted by molar-refractivity contribution is -0.120. The lowest BCUT2D eigenvalue weighted by atomic mass is 9.89. The van der Waals surface area contributed by atoms with Gasteiger partial charge in [0.2, 0.25) is 11.9 Å². The molecule has 1 aromatic carbocycles. The third-order valence-electron chi connectivity index (χ3n) is 8.55. The van der Waals surface area contributed by atoms with Crippen molar-refractivity contribution >= 4 is 35.0 Å². The normalized spacial score (nSPS) is 23.4. The van der Waals surface area contributed by atoms with Crippen LogP contribution < -0.4 is 25.2 Å². The molecule has 11 heteroatoms. The van der Waals surface area contributed by atoms with E-state index < -0.39 is 0 Å². The summed E-state index contributed by atoms with van der Waals surface area (Å²) in [6.45, 7) is 9.77. The molecule has 3 aliphatic rings. The summed E-state index contributed by atoms with van der Waals surface area (Å²) in [5, 5.41) is 6.48. The van der Waals surface area contributed by atoms with Gasteiger partial charge in [0, 0.05) is 43.8 Å². The number of ether oxygens (including phenoxy) is 2. The molecule has 41 heavy (non-hydrogen) atoms. The monoisotopic (exact) mass is 565 g/mol. The Morgan fingerprint density at radius 2 is 1.90 bits per heavy atom. The predicted molar refractivity (Wildman–Crippen MR) is 159 cm³/mol. The molecule has 1 aromatic heterocycles. The van der Waals surface area contributed by atoms with E-state index in [1.807, 2.05) is 13.0 Å². The number of hydrogen-bond donors (Lipinski definition) is 2. The molecule has 2 amide bonds. The first-order valence-electron chi connectivity index (χ1n) is 14.8. The molecule has 5 rings (SSSR count). The van der Waals surface area contributed by atoms with Crippen molar-refractivity contribution in [2.45, 2.75) is 77.0 Å². The maximum atomic E-state index is 13.1. The average Bonchev–Trinajstić information content (AvgIpc) is 2.99. The van der Waals surface area contributed by atoms with Gasteiger partial charge in [0.1, 0.15) is 17.5 Å². The summed E-state index contributed by atoms with van der Waals surface area (Å²) in [4.78, 5) is 41.6. The molecule has 0 bridgehead atoms. The van der Waals surface area contributed by atoms with Crippen molar-refractivity contribution in [2.75, 3.05) is 55.6 Å². The van der Waals surface area contributed by atoms with Crippen LogP contribution in [0.25, 0.3) is 0 Å².